The molecule has 0 radical (unpaired) electrons. The molecule has 0 aliphatic rings. The Bertz CT molecular complexity index is 301. The van der Waals surface area contributed by atoms with Crippen LogP contribution in [-0.4, -0.2) is 12.3 Å². The molecular weight excluding hydrogens is 206 g/mol. The molecule has 15 heavy (non-hydrogen) atoms. The molecule has 3 heteroatoms. The van der Waals surface area contributed by atoms with Gasteiger partial charge in [0.15, 0.2) is 0 Å². The third kappa shape index (κ3) is 4.98. The highest BCUT2D eigenvalue weighted by molar-refractivity contribution is 7.99. The maximum absolute atomic E-state index is 9.85. The van der Waals surface area contributed by atoms with Gasteiger partial charge in [0.05, 0.1) is 6.54 Å². The maximum Gasteiger partial charge on any atom is 0.0811 e. The number of aryl methyl sites for hydroxylation is 1. The molecule has 2 nitrogen and oxygen atoms in total. The number of thioether (sulfide) groups is 1. The van der Waals surface area contributed by atoms with Crippen LogP contribution in [0.25, 0.3) is 0 Å². The summed E-state index contributed by atoms with van der Waals surface area (Å²) in [5, 5.41) is 2.85. The normalized spacial score (nSPS) is 10.2. The van der Waals surface area contributed by atoms with Crippen LogP contribution in [0.2, 0.25) is 0 Å². The van der Waals surface area contributed by atoms with E-state index in [0.717, 1.165) is 25.0 Å². The molecule has 0 spiro atoms. The van der Waals surface area contributed by atoms with Gasteiger partial charge in [-0.3, -0.25) is 0 Å². The van der Waals surface area contributed by atoms with Gasteiger partial charge in [-0.25, -0.2) is 0 Å². The Morgan fingerprint density at radius 3 is 2.73 bits per heavy atom. The van der Waals surface area contributed by atoms with E-state index in [4.69, 9.17) is 0 Å². The smallest absolute Gasteiger partial charge is 0.0811 e. The van der Waals surface area contributed by atoms with Gasteiger partial charge in [-0.1, -0.05) is 29.8 Å². The van der Waals surface area contributed by atoms with Gasteiger partial charge in [-0.2, -0.15) is 4.91 Å². The summed E-state index contributed by atoms with van der Waals surface area (Å²) in [5.74, 6) is 1.13. The monoisotopic (exact) mass is 223 g/mol. The fraction of sp³-hybridized carbons (Fsp3) is 0.500. The van der Waals surface area contributed by atoms with Gasteiger partial charge < -0.3 is 0 Å². The maximum atomic E-state index is 9.85. The molecule has 0 saturated heterocycles. The number of rotatable bonds is 7. The van der Waals surface area contributed by atoms with Crippen molar-refractivity contribution < 1.29 is 0 Å². The Hall–Kier alpha value is -0.830. The summed E-state index contributed by atoms with van der Waals surface area (Å²) in [6.07, 6.45) is 3.19. The lowest BCUT2D eigenvalue weighted by Crippen LogP contribution is -1.85. The highest BCUT2D eigenvalue weighted by Gasteiger charge is 1.97. The van der Waals surface area contributed by atoms with Gasteiger partial charge in [0.1, 0.15) is 0 Å². The number of unbranched alkanes of at least 4 members (excludes halogenated alkanes) is 2. The van der Waals surface area contributed by atoms with Crippen LogP contribution in [0.4, 0.5) is 0 Å². The van der Waals surface area contributed by atoms with Gasteiger partial charge in [0.25, 0.3) is 0 Å². The van der Waals surface area contributed by atoms with E-state index in [2.05, 4.69) is 36.4 Å². The molecule has 0 aromatic heterocycles. The molecule has 0 atom stereocenters. The van der Waals surface area contributed by atoms with Gasteiger partial charge in [0, 0.05) is 4.90 Å². The summed E-state index contributed by atoms with van der Waals surface area (Å²) in [7, 11) is 0. The molecule has 0 aliphatic heterocycles. The second-order valence-corrected chi connectivity index (χ2v) is 4.66. The van der Waals surface area contributed by atoms with E-state index in [-0.39, 0.29) is 0 Å². The van der Waals surface area contributed by atoms with Crippen molar-refractivity contribution in [2.45, 2.75) is 31.1 Å². The quantitative estimate of drug-likeness (QED) is 0.397. The van der Waals surface area contributed by atoms with Gasteiger partial charge >= 0.3 is 0 Å². The fourth-order valence-corrected chi connectivity index (χ4v) is 2.39. The second-order valence-electron chi connectivity index (χ2n) is 3.53. The second kappa shape index (κ2) is 7.46. The minimum absolute atomic E-state index is 0.467. The third-order valence-corrected chi connectivity index (χ3v) is 3.51. The molecule has 1 aromatic carbocycles. The van der Waals surface area contributed by atoms with Crippen molar-refractivity contribution in [2.24, 2.45) is 5.18 Å². The number of nitroso groups, excluding NO2 is 1. The minimum atomic E-state index is 0.467. The van der Waals surface area contributed by atoms with Crippen LogP contribution in [0.3, 0.4) is 0 Å². The molecule has 82 valence electrons. The summed E-state index contributed by atoms with van der Waals surface area (Å²) in [5.41, 5.74) is 1.34. The summed E-state index contributed by atoms with van der Waals surface area (Å²) >= 11 is 1.90. The van der Waals surface area contributed by atoms with Crippen molar-refractivity contribution in [3.05, 3.63) is 34.7 Å². The molecule has 0 heterocycles. The topological polar surface area (TPSA) is 29.4 Å². The average molecular weight is 223 g/mol. The van der Waals surface area contributed by atoms with Gasteiger partial charge in [-0.15, -0.1) is 11.8 Å². The molecule has 0 aliphatic carbocycles. The van der Waals surface area contributed by atoms with Crippen LogP contribution in [0.15, 0.2) is 34.3 Å². The van der Waals surface area contributed by atoms with E-state index >= 15 is 0 Å². The van der Waals surface area contributed by atoms with E-state index in [0.29, 0.717) is 6.54 Å². The highest BCUT2D eigenvalue weighted by Crippen LogP contribution is 2.22. The third-order valence-electron chi connectivity index (χ3n) is 2.24. The van der Waals surface area contributed by atoms with Crippen molar-refractivity contribution in [1.82, 2.24) is 0 Å². The van der Waals surface area contributed by atoms with Crippen LogP contribution in [-0.2, 0) is 0 Å². The number of benzene rings is 1. The zero-order chi connectivity index (χ0) is 10.9. The molecular formula is C12H17NOS. The number of nitrogens with zero attached hydrogens (tertiary/aromatic N) is 1. The predicted octanol–water partition coefficient (Wildman–Crippen LogP) is 4.02. The average Bonchev–Trinajstić information content (AvgIpc) is 2.25. The number of hydrogen-bond donors (Lipinski definition) is 0. The Balaban J connectivity index is 2.15. The molecule has 1 rings (SSSR count). The van der Waals surface area contributed by atoms with Crippen molar-refractivity contribution in [1.29, 1.82) is 0 Å². The van der Waals surface area contributed by atoms with Crippen LogP contribution in [0, 0.1) is 11.8 Å². The molecule has 0 unspecified atom stereocenters. The minimum Gasteiger partial charge on any atom is -0.151 e. The molecule has 0 bridgehead atoms. The summed E-state index contributed by atoms with van der Waals surface area (Å²) in [6, 6.07) is 8.44. The highest BCUT2D eigenvalue weighted by atomic mass is 32.2. The Labute approximate surface area is 95.4 Å². The first-order valence-electron chi connectivity index (χ1n) is 5.32. The van der Waals surface area contributed by atoms with E-state index in [1.807, 2.05) is 11.8 Å². The Kier molecular flexibility index (Phi) is 6.09. The fourth-order valence-electron chi connectivity index (χ4n) is 1.36. The lowest BCUT2D eigenvalue weighted by atomic mass is 10.2. The summed E-state index contributed by atoms with van der Waals surface area (Å²) < 4.78 is 0. The lowest BCUT2D eigenvalue weighted by Gasteiger charge is -2.04. The van der Waals surface area contributed by atoms with Gasteiger partial charge in [0.2, 0.25) is 0 Å². The zero-order valence-corrected chi connectivity index (χ0v) is 9.93. The van der Waals surface area contributed by atoms with E-state index < -0.39 is 0 Å². The molecule has 0 amide bonds. The van der Waals surface area contributed by atoms with Gasteiger partial charge in [-0.05, 0) is 37.1 Å². The van der Waals surface area contributed by atoms with Crippen LogP contribution in [0.5, 0.6) is 0 Å². The molecule has 0 saturated carbocycles. The zero-order valence-electron chi connectivity index (χ0n) is 9.11. The summed E-state index contributed by atoms with van der Waals surface area (Å²) in [6.45, 7) is 2.60. The van der Waals surface area contributed by atoms with E-state index in [1.54, 1.807) is 0 Å². The lowest BCUT2D eigenvalue weighted by molar-refractivity contribution is 0.731. The van der Waals surface area contributed by atoms with Crippen molar-refractivity contribution in [3.8, 4) is 0 Å². The Morgan fingerprint density at radius 2 is 2.00 bits per heavy atom. The molecule has 0 fully saturated rings. The van der Waals surface area contributed by atoms with Crippen molar-refractivity contribution >= 4 is 11.8 Å². The molecule has 1 aromatic rings. The molecule has 0 N–H and O–H groups in total. The standard InChI is InChI=1S/C12H17NOS/c1-11-7-3-4-8-12(11)15-10-6-2-5-9-13-14/h3-4,7-8H,2,5-6,9-10H2,1H3. The SMILES string of the molecule is Cc1ccccc1SCCCCCN=O. The largest absolute Gasteiger partial charge is 0.151 e. The van der Waals surface area contributed by atoms with Crippen molar-refractivity contribution in [3.63, 3.8) is 0 Å². The first-order chi connectivity index (χ1) is 7.34. The first kappa shape index (κ1) is 12.2. The van der Waals surface area contributed by atoms with Crippen LogP contribution in [0.1, 0.15) is 24.8 Å². The summed E-state index contributed by atoms with van der Waals surface area (Å²) in [4.78, 5) is 11.2. The first-order valence-corrected chi connectivity index (χ1v) is 6.30. The van der Waals surface area contributed by atoms with E-state index in [9.17, 15) is 4.91 Å². The van der Waals surface area contributed by atoms with Crippen LogP contribution >= 0.6 is 11.8 Å². The Morgan fingerprint density at radius 1 is 1.20 bits per heavy atom. The predicted molar refractivity (Wildman–Crippen MR) is 66.4 cm³/mol. The number of hydrogen-bond acceptors (Lipinski definition) is 3. The van der Waals surface area contributed by atoms with E-state index in [1.165, 1.54) is 10.5 Å². The van der Waals surface area contributed by atoms with Crippen LogP contribution < -0.4 is 0 Å². The van der Waals surface area contributed by atoms with Crippen molar-refractivity contribution in [2.75, 3.05) is 12.3 Å².